The molecule has 0 N–H and O–H groups in total. The molecule has 2 aromatic carbocycles. The Bertz CT molecular complexity index is 1150. The molecule has 0 spiro atoms. The van der Waals surface area contributed by atoms with Gasteiger partial charge in [0.2, 0.25) is 5.43 Å². The lowest BCUT2D eigenvalue weighted by Gasteiger charge is -2.06. The lowest BCUT2D eigenvalue weighted by Crippen LogP contribution is -2.08. The van der Waals surface area contributed by atoms with E-state index in [1.807, 2.05) is 36.4 Å². The molecule has 4 nitrogen and oxygen atoms in total. The van der Waals surface area contributed by atoms with Crippen molar-refractivity contribution in [1.29, 1.82) is 5.26 Å². The van der Waals surface area contributed by atoms with E-state index in [2.05, 4.69) is 4.98 Å². The lowest BCUT2D eigenvalue weighted by molar-refractivity contribution is 0.614. The molecule has 0 atom stereocenters. The highest BCUT2D eigenvalue weighted by Crippen LogP contribution is 2.26. The van der Waals surface area contributed by atoms with Gasteiger partial charge in [-0.1, -0.05) is 36.4 Å². The molecule has 0 saturated heterocycles. The number of nitrogens with zero attached hydrogens (tertiary/aromatic N) is 2. The maximum Gasteiger partial charge on any atom is 0.211 e. The number of rotatable bonds is 1. The average molecular weight is 298 g/mol. The molecule has 0 amide bonds. The first-order valence-electron chi connectivity index (χ1n) is 7.09. The van der Waals surface area contributed by atoms with Gasteiger partial charge in [-0.05, 0) is 23.6 Å². The van der Waals surface area contributed by atoms with Gasteiger partial charge in [0.15, 0.2) is 5.76 Å². The van der Waals surface area contributed by atoms with Crippen LogP contribution in [-0.2, 0) is 0 Å². The summed E-state index contributed by atoms with van der Waals surface area (Å²) in [5.74, 6) is 0.210. The molecule has 4 rings (SSSR count). The van der Waals surface area contributed by atoms with Crippen molar-refractivity contribution in [3.8, 4) is 17.5 Å². The first-order valence-corrected chi connectivity index (χ1v) is 7.09. The second kappa shape index (κ2) is 5.08. The van der Waals surface area contributed by atoms with Crippen molar-refractivity contribution < 1.29 is 4.42 Å². The second-order valence-electron chi connectivity index (χ2n) is 5.16. The van der Waals surface area contributed by atoms with Gasteiger partial charge in [-0.25, -0.2) is 0 Å². The number of fused-ring (bicyclic) bond motifs is 2. The zero-order valence-electron chi connectivity index (χ0n) is 12.0. The Morgan fingerprint density at radius 1 is 1.00 bits per heavy atom. The summed E-state index contributed by atoms with van der Waals surface area (Å²) in [6, 6.07) is 18.4. The third kappa shape index (κ3) is 2.07. The Hall–Kier alpha value is -3.45. The Labute approximate surface area is 131 Å². The first-order chi connectivity index (χ1) is 11.3. The molecule has 2 heterocycles. The highest BCUT2D eigenvalue weighted by molar-refractivity contribution is 5.86. The summed E-state index contributed by atoms with van der Waals surface area (Å²) in [5.41, 5.74) is 0.565. The Kier molecular flexibility index (Phi) is 2.92. The van der Waals surface area contributed by atoms with Crippen LogP contribution < -0.4 is 5.43 Å². The van der Waals surface area contributed by atoms with Crippen LogP contribution in [0.15, 0.2) is 70.0 Å². The van der Waals surface area contributed by atoms with Gasteiger partial charge in [0, 0.05) is 11.6 Å². The summed E-state index contributed by atoms with van der Waals surface area (Å²) in [7, 11) is 0. The number of benzene rings is 2. The van der Waals surface area contributed by atoms with Crippen LogP contribution in [0.2, 0.25) is 0 Å². The van der Waals surface area contributed by atoms with Crippen LogP contribution in [0, 0.1) is 11.3 Å². The van der Waals surface area contributed by atoms with Gasteiger partial charge in [-0.15, -0.1) is 0 Å². The fraction of sp³-hybridized carbons (Fsp3) is 0. The smallest absolute Gasteiger partial charge is 0.211 e. The minimum atomic E-state index is -0.334. The van der Waals surface area contributed by atoms with Crippen LogP contribution >= 0.6 is 0 Å². The molecule has 0 bridgehead atoms. The highest BCUT2D eigenvalue weighted by Gasteiger charge is 2.16. The van der Waals surface area contributed by atoms with E-state index in [0.29, 0.717) is 16.7 Å². The van der Waals surface area contributed by atoms with E-state index in [9.17, 15) is 10.1 Å². The molecule has 0 saturated carbocycles. The van der Waals surface area contributed by atoms with Gasteiger partial charge in [0.25, 0.3) is 0 Å². The van der Waals surface area contributed by atoms with Gasteiger partial charge in [0.05, 0.1) is 5.39 Å². The van der Waals surface area contributed by atoms with Crippen molar-refractivity contribution in [1.82, 2.24) is 4.98 Å². The van der Waals surface area contributed by atoms with Gasteiger partial charge in [-0.2, -0.15) is 5.26 Å². The topological polar surface area (TPSA) is 66.9 Å². The van der Waals surface area contributed by atoms with Crippen LogP contribution in [0.5, 0.6) is 0 Å². The van der Waals surface area contributed by atoms with E-state index in [4.69, 9.17) is 4.42 Å². The molecule has 4 heteroatoms. The lowest BCUT2D eigenvalue weighted by atomic mass is 10.1. The van der Waals surface area contributed by atoms with E-state index >= 15 is 0 Å². The number of aromatic nitrogens is 1. The molecular weight excluding hydrogens is 288 g/mol. The third-order valence-corrected chi connectivity index (χ3v) is 3.77. The van der Waals surface area contributed by atoms with Gasteiger partial charge in [0.1, 0.15) is 22.9 Å². The minimum absolute atomic E-state index is 0.0218. The molecule has 23 heavy (non-hydrogen) atoms. The molecule has 0 aliphatic carbocycles. The minimum Gasteiger partial charge on any atom is -0.453 e. The van der Waals surface area contributed by atoms with Crippen LogP contribution in [0.25, 0.3) is 33.2 Å². The third-order valence-electron chi connectivity index (χ3n) is 3.77. The fourth-order valence-electron chi connectivity index (χ4n) is 2.63. The van der Waals surface area contributed by atoms with Gasteiger partial charge in [-0.3, -0.25) is 9.78 Å². The molecule has 2 aromatic heterocycles. The molecule has 0 radical (unpaired) electrons. The number of nitriles is 1. The van der Waals surface area contributed by atoms with Crippen LogP contribution in [-0.4, -0.2) is 4.98 Å². The normalized spacial score (nSPS) is 10.7. The summed E-state index contributed by atoms with van der Waals surface area (Å²) in [6.07, 6.45) is 1.71. The van der Waals surface area contributed by atoms with Crippen molar-refractivity contribution in [3.05, 3.63) is 76.6 Å². The maximum atomic E-state index is 12.5. The summed E-state index contributed by atoms with van der Waals surface area (Å²) >= 11 is 0. The Balaban J connectivity index is 2.07. The van der Waals surface area contributed by atoms with E-state index < -0.39 is 0 Å². The van der Waals surface area contributed by atoms with E-state index in [0.717, 1.165) is 10.8 Å². The van der Waals surface area contributed by atoms with Crippen molar-refractivity contribution in [3.63, 3.8) is 0 Å². The average Bonchev–Trinajstić information content (AvgIpc) is 2.61. The highest BCUT2D eigenvalue weighted by atomic mass is 16.3. The standard InChI is InChI=1S/C19H10N2O2/c20-10-15-18(22)14-7-3-4-8-17(14)23-19(15)16-9-12-5-1-2-6-13(12)11-21-16/h1-9,11H. The predicted molar refractivity (Wildman–Crippen MR) is 87.9 cm³/mol. The fourth-order valence-corrected chi connectivity index (χ4v) is 2.63. The van der Waals surface area contributed by atoms with Crippen molar-refractivity contribution in [2.45, 2.75) is 0 Å². The molecular formula is C19H10N2O2. The SMILES string of the molecule is N#Cc1c(-c2cc3ccccc3cn2)oc2ccccc2c1=O. The summed E-state index contributed by atoms with van der Waals surface area (Å²) in [4.78, 5) is 16.9. The largest absolute Gasteiger partial charge is 0.453 e. The van der Waals surface area contributed by atoms with Crippen molar-refractivity contribution >= 4 is 21.7 Å². The molecule has 0 unspecified atom stereocenters. The quantitative estimate of drug-likeness (QED) is 0.535. The summed E-state index contributed by atoms with van der Waals surface area (Å²) in [5, 5.41) is 11.7. The number of pyridine rings is 1. The zero-order chi connectivity index (χ0) is 15.8. The molecule has 4 aromatic rings. The monoisotopic (exact) mass is 298 g/mol. The number of para-hydroxylation sites is 1. The summed E-state index contributed by atoms with van der Waals surface area (Å²) in [6.45, 7) is 0. The van der Waals surface area contributed by atoms with Crippen molar-refractivity contribution in [2.24, 2.45) is 0 Å². The molecule has 108 valence electrons. The van der Waals surface area contributed by atoms with E-state index in [1.165, 1.54) is 0 Å². The number of hydrogen-bond donors (Lipinski definition) is 0. The second-order valence-corrected chi connectivity index (χ2v) is 5.16. The first kappa shape index (κ1) is 13.2. The maximum absolute atomic E-state index is 12.5. The van der Waals surface area contributed by atoms with Gasteiger partial charge < -0.3 is 4.42 Å². The number of hydrogen-bond acceptors (Lipinski definition) is 4. The van der Waals surface area contributed by atoms with Crippen LogP contribution in [0.4, 0.5) is 0 Å². The van der Waals surface area contributed by atoms with Crippen LogP contribution in [0.3, 0.4) is 0 Å². The van der Waals surface area contributed by atoms with Crippen LogP contribution in [0.1, 0.15) is 5.56 Å². The van der Waals surface area contributed by atoms with Gasteiger partial charge >= 0.3 is 0 Å². The Morgan fingerprint density at radius 2 is 1.74 bits per heavy atom. The Morgan fingerprint density at radius 3 is 2.57 bits per heavy atom. The molecule has 0 fully saturated rings. The van der Waals surface area contributed by atoms with Crippen molar-refractivity contribution in [2.75, 3.05) is 0 Å². The summed E-state index contributed by atoms with van der Waals surface area (Å²) < 4.78 is 5.81. The van der Waals surface area contributed by atoms with E-state index in [1.54, 1.807) is 30.5 Å². The predicted octanol–water partition coefficient (Wildman–Crippen LogP) is 3.88. The van der Waals surface area contributed by atoms with E-state index in [-0.39, 0.29) is 16.8 Å². The zero-order valence-corrected chi connectivity index (χ0v) is 12.0. The molecule has 0 aliphatic heterocycles. The molecule has 0 aliphatic rings.